The lowest BCUT2D eigenvalue weighted by atomic mass is 10.2. The van der Waals surface area contributed by atoms with Crippen LogP contribution in [0, 0.1) is 17.0 Å². The van der Waals surface area contributed by atoms with Crippen LogP contribution in [0.15, 0.2) is 0 Å². The zero-order valence-corrected chi connectivity index (χ0v) is 12.3. The Morgan fingerprint density at radius 1 is 1.45 bits per heavy atom. The second kappa shape index (κ2) is 6.99. The molecule has 1 rings (SSSR count). The Kier molecular flexibility index (Phi) is 5.63. The molecule has 0 aliphatic carbocycles. The summed E-state index contributed by atoms with van der Waals surface area (Å²) < 4.78 is 0. The summed E-state index contributed by atoms with van der Waals surface area (Å²) in [6.45, 7) is 8.07. The lowest BCUT2D eigenvalue weighted by molar-refractivity contribution is -0.385. The van der Waals surface area contributed by atoms with Crippen molar-refractivity contribution in [3.05, 3.63) is 15.8 Å². The van der Waals surface area contributed by atoms with Gasteiger partial charge in [-0.2, -0.15) is 4.98 Å². The highest BCUT2D eigenvalue weighted by Crippen LogP contribution is 2.30. The highest BCUT2D eigenvalue weighted by Gasteiger charge is 2.27. The van der Waals surface area contributed by atoms with E-state index in [1.165, 1.54) is 0 Å². The van der Waals surface area contributed by atoms with Gasteiger partial charge in [0.1, 0.15) is 5.69 Å². The maximum Gasteiger partial charge on any atom is 0.332 e. The zero-order valence-electron chi connectivity index (χ0n) is 12.3. The Labute approximate surface area is 118 Å². The average Bonchev–Trinajstić information content (AvgIpc) is 2.34. The van der Waals surface area contributed by atoms with E-state index in [1.54, 1.807) is 11.8 Å². The van der Waals surface area contributed by atoms with Gasteiger partial charge in [-0.15, -0.1) is 0 Å². The number of nitrogens with one attached hydrogen (secondary N) is 1. The van der Waals surface area contributed by atoms with Crippen LogP contribution in [0.25, 0.3) is 0 Å². The van der Waals surface area contributed by atoms with Gasteiger partial charge in [0.25, 0.3) is 0 Å². The molecule has 8 nitrogen and oxygen atoms in total. The third kappa shape index (κ3) is 3.53. The third-order valence-electron chi connectivity index (χ3n) is 2.79. The lowest BCUT2D eigenvalue weighted by Crippen LogP contribution is -2.35. The molecule has 0 unspecified atom stereocenters. The molecule has 0 aliphatic heterocycles. The maximum absolute atomic E-state index is 11.3. The second-order valence-corrected chi connectivity index (χ2v) is 4.60. The maximum atomic E-state index is 11.3. The van der Waals surface area contributed by atoms with Crippen LogP contribution in [0.2, 0.25) is 0 Å². The van der Waals surface area contributed by atoms with Crippen LogP contribution >= 0.6 is 0 Å². The Bertz CT molecular complexity index is 478. The first kappa shape index (κ1) is 16.1. The Morgan fingerprint density at radius 3 is 2.55 bits per heavy atom. The van der Waals surface area contributed by atoms with Gasteiger partial charge in [-0.05, 0) is 27.7 Å². The van der Waals surface area contributed by atoms with Crippen molar-refractivity contribution in [2.45, 2.75) is 33.7 Å². The van der Waals surface area contributed by atoms with Crippen molar-refractivity contribution >= 4 is 17.5 Å². The van der Waals surface area contributed by atoms with E-state index in [0.29, 0.717) is 18.2 Å². The fourth-order valence-electron chi connectivity index (χ4n) is 1.92. The van der Waals surface area contributed by atoms with Crippen molar-refractivity contribution in [1.29, 1.82) is 0 Å². The van der Waals surface area contributed by atoms with Crippen LogP contribution < -0.4 is 10.2 Å². The molecule has 0 amide bonds. The van der Waals surface area contributed by atoms with Crippen molar-refractivity contribution in [2.24, 2.45) is 0 Å². The molecule has 0 spiro atoms. The van der Waals surface area contributed by atoms with Crippen molar-refractivity contribution in [2.75, 3.05) is 29.9 Å². The first-order valence-corrected chi connectivity index (χ1v) is 6.56. The number of aliphatic hydroxyl groups excluding tert-OH is 1. The number of hydrogen-bond donors (Lipinski definition) is 2. The van der Waals surface area contributed by atoms with E-state index in [4.69, 9.17) is 5.11 Å². The van der Waals surface area contributed by atoms with Gasteiger partial charge in [-0.3, -0.25) is 10.1 Å². The summed E-state index contributed by atoms with van der Waals surface area (Å²) in [6.07, 6.45) is 0. The zero-order chi connectivity index (χ0) is 15.3. The number of aliphatic hydroxyl groups is 1. The van der Waals surface area contributed by atoms with Crippen LogP contribution in [0.3, 0.4) is 0 Å². The minimum absolute atomic E-state index is 0.0235. The van der Waals surface area contributed by atoms with E-state index in [9.17, 15) is 10.1 Å². The van der Waals surface area contributed by atoms with Gasteiger partial charge in [-0.1, -0.05) is 0 Å². The summed E-state index contributed by atoms with van der Waals surface area (Å²) in [6, 6.07) is -0.0235. The number of aryl methyl sites for hydroxylation is 1. The quantitative estimate of drug-likeness (QED) is 0.574. The number of nitrogens with zero attached hydrogens (tertiary/aromatic N) is 4. The molecule has 0 aromatic carbocycles. The molecule has 20 heavy (non-hydrogen) atoms. The molecular weight excluding hydrogens is 262 g/mol. The van der Waals surface area contributed by atoms with Crippen molar-refractivity contribution in [3.8, 4) is 0 Å². The molecule has 0 aliphatic rings. The number of nitro groups is 1. The Balaban J connectivity index is 3.41. The molecule has 0 radical (unpaired) electrons. The molecule has 8 heteroatoms. The van der Waals surface area contributed by atoms with E-state index in [-0.39, 0.29) is 30.7 Å². The van der Waals surface area contributed by atoms with Gasteiger partial charge in [0, 0.05) is 19.1 Å². The minimum Gasteiger partial charge on any atom is -0.395 e. The van der Waals surface area contributed by atoms with Crippen molar-refractivity contribution < 1.29 is 10.0 Å². The first-order valence-electron chi connectivity index (χ1n) is 6.56. The van der Waals surface area contributed by atoms with E-state index in [1.807, 2.05) is 20.8 Å². The summed E-state index contributed by atoms with van der Waals surface area (Å²) in [7, 11) is 0. The summed E-state index contributed by atoms with van der Waals surface area (Å²) in [5, 5.41) is 23.4. The molecule has 1 heterocycles. The second-order valence-electron chi connectivity index (χ2n) is 4.60. The molecule has 0 fully saturated rings. The number of hydrogen-bond acceptors (Lipinski definition) is 7. The standard InChI is InChI=1S/C12H21N5O3/c1-5-13-12-14-9(4)10(17(19)20)11(15-12)16(6-7-18)8(2)3/h8,18H,5-7H2,1-4H3,(H,13,14,15). The van der Waals surface area contributed by atoms with Gasteiger partial charge in [-0.25, -0.2) is 4.98 Å². The highest BCUT2D eigenvalue weighted by molar-refractivity contribution is 5.62. The summed E-state index contributed by atoms with van der Waals surface area (Å²) in [5.74, 6) is 0.594. The van der Waals surface area contributed by atoms with Crippen LogP contribution in [0.4, 0.5) is 17.5 Å². The fourth-order valence-corrected chi connectivity index (χ4v) is 1.92. The number of rotatable bonds is 7. The normalized spacial score (nSPS) is 10.7. The van der Waals surface area contributed by atoms with Crippen LogP contribution in [0.5, 0.6) is 0 Å². The van der Waals surface area contributed by atoms with E-state index < -0.39 is 4.92 Å². The van der Waals surface area contributed by atoms with Crippen LogP contribution in [-0.2, 0) is 0 Å². The predicted molar refractivity (Wildman–Crippen MR) is 77.2 cm³/mol. The lowest BCUT2D eigenvalue weighted by Gasteiger charge is -2.27. The Hall–Kier alpha value is -1.96. The largest absolute Gasteiger partial charge is 0.395 e. The average molecular weight is 283 g/mol. The van der Waals surface area contributed by atoms with E-state index >= 15 is 0 Å². The molecule has 2 N–H and O–H groups in total. The number of anilines is 2. The minimum atomic E-state index is -0.479. The van der Waals surface area contributed by atoms with Gasteiger partial charge in [0.15, 0.2) is 0 Å². The molecule has 1 aromatic heterocycles. The molecule has 112 valence electrons. The topological polar surface area (TPSA) is 104 Å². The summed E-state index contributed by atoms with van der Waals surface area (Å²) in [5.41, 5.74) is 0.188. The highest BCUT2D eigenvalue weighted by atomic mass is 16.6. The SMILES string of the molecule is CCNc1nc(C)c([N+](=O)[O-])c(N(CCO)C(C)C)n1. The van der Waals surface area contributed by atoms with Gasteiger partial charge in [0.05, 0.1) is 11.5 Å². The fraction of sp³-hybridized carbons (Fsp3) is 0.667. The Morgan fingerprint density at radius 2 is 2.10 bits per heavy atom. The summed E-state index contributed by atoms with van der Waals surface area (Å²) >= 11 is 0. The third-order valence-corrected chi connectivity index (χ3v) is 2.79. The smallest absolute Gasteiger partial charge is 0.332 e. The van der Waals surface area contributed by atoms with Gasteiger partial charge in [0.2, 0.25) is 11.8 Å². The monoisotopic (exact) mass is 283 g/mol. The van der Waals surface area contributed by atoms with Crippen LogP contribution in [-0.4, -0.2) is 45.7 Å². The molecule has 0 saturated carbocycles. The predicted octanol–water partition coefficient (Wildman–Crippen LogP) is 1.33. The number of aromatic nitrogens is 2. The van der Waals surface area contributed by atoms with Gasteiger partial charge < -0.3 is 15.3 Å². The van der Waals surface area contributed by atoms with Crippen molar-refractivity contribution in [3.63, 3.8) is 0 Å². The molecule has 0 saturated heterocycles. The molecule has 0 bridgehead atoms. The van der Waals surface area contributed by atoms with Crippen molar-refractivity contribution in [1.82, 2.24) is 9.97 Å². The summed E-state index contributed by atoms with van der Waals surface area (Å²) in [4.78, 5) is 20.8. The van der Waals surface area contributed by atoms with E-state index in [2.05, 4.69) is 15.3 Å². The molecular formula is C12H21N5O3. The molecule has 0 atom stereocenters. The van der Waals surface area contributed by atoms with E-state index in [0.717, 1.165) is 0 Å². The first-order chi connectivity index (χ1) is 9.42. The molecule has 1 aromatic rings. The van der Waals surface area contributed by atoms with Gasteiger partial charge >= 0.3 is 5.69 Å². The van der Waals surface area contributed by atoms with Crippen LogP contribution in [0.1, 0.15) is 26.5 Å².